The van der Waals surface area contributed by atoms with Crippen molar-refractivity contribution in [3.05, 3.63) is 0 Å². The van der Waals surface area contributed by atoms with E-state index in [1.165, 1.54) is 14.2 Å². The molecule has 0 heterocycles. The van der Waals surface area contributed by atoms with Gasteiger partial charge >= 0.3 is 11.9 Å². The molecule has 0 aliphatic rings. The van der Waals surface area contributed by atoms with Gasteiger partial charge in [-0.15, -0.1) is 0 Å². The van der Waals surface area contributed by atoms with E-state index in [0.717, 1.165) is 0 Å². The molecule has 0 radical (unpaired) electrons. The molecule has 0 rings (SSSR count). The van der Waals surface area contributed by atoms with Crippen molar-refractivity contribution in [1.82, 2.24) is 0 Å². The van der Waals surface area contributed by atoms with Crippen LogP contribution in [0.25, 0.3) is 0 Å². The quantitative estimate of drug-likeness (QED) is 0.520. The molecule has 6 heteroatoms. The van der Waals surface area contributed by atoms with E-state index >= 15 is 0 Å². The Morgan fingerprint density at radius 1 is 0.760 bits per heavy atom. The fourth-order valence-corrected chi connectivity index (χ4v) is 2.69. The standard InChI is InChI=1S/C19H36O6/c1-18(2,16(22)24-5)12-10-14(20)8-7-9-15(21)11-13-19(3,4)17(23)25-6/h14-15,20-21H,7-13H2,1-6H3. The SMILES string of the molecule is COC(=O)C(C)(C)CCC(O)CCCC(O)CCC(C)(C)C(=O)OC. The van der Waals surface area contributed by atoms with Crippen LogP contribution >= 0.6 is 0 Å². The van der Waals surface area contributed by atoms with E-state index in [2.05, 4.69) is 0 Å². The van der Waals surface area contributed by atoms with Gasteiger partial charge in [0.15, 0.2) is 0 Å². The zero-order chi connectivity index (χ0) is 19.7. The number of esters is 2. The van der Waals surface area contributed by atoms with Crippen molar-refractivity contribution in [2.24, 2.45) is 10.8 Å². The molecule has 2 atom stereocenters. The molecule has 0 bridgehead atoms. The number of carbonyl (C=O) groups is 2. The number of hydrogen-bond acceptors (Lipinski definition) is 6. The summed E-state index contributed by atoms with van der Waals surface area (Å²) in [6.45, 7) is 7.22. The largest absolute Gasteiger partial charge is 0.469 e. The smallest absolute Gasteiger partial charge is 0.311 e. The predicted molar refractivity (Wildman–Crippen MR) is 95.9 cm³/mol. The average molecular weight is 360 g/mol. The van der Waals surface area contributed by atoms with E-state index in [0.29, 0.717) is 44.9 Å². The summed E-state index contributed by atoms with van der Waals surface area (Å²) >= 11 is 0. The fraction of sp³-hybridized carbons (Fsp3) is 0.895. The molecule has 6 nitrogen and oxygen atoms in total. The minimum absolute atomic E-state index is 0.275. The van der Waals surface area contributed by atoms with Crippen molar-refractivity contribution in [2.45, 2.75) is 84.8 Å². The maximum absolute atomic E-state index is 11.6. The van der Waals surface area contributed by atoms with Gasteiger partial charge in [0.1, 0.15) is 0 Å². The van der Waals surface area contributed by atoms with Gasteiger partial charge in [0.25, 0.3) is 0 Å². The van der Waals surface area contributed by atoms with Crippen LogP contribution in [0.2, 0.25) is 0 Å². The van der Waals surface area contributed by atoms with E-state index in [1.807, 2.05) is 0 Å². The highest BCUT2D eigenvalue weighted by molar-refractivity contribution is 5.76. The number of aliphatic hydroxyl groups excluding tert-OH is 2. The van der Waals surface area contributed by atoms with E-state index in [9.17, 15) is 19.8 Å². The molecule has 25 heavy (non-hydrogen) atoms. The van der Waals surface area contributed by atoms with Crippen LogP contribution in [0.3, 0.4) is 0 Å². The topological polar surface area (TPSA) is 93.1 Å². The number of ether oxygens (including phenoxy) is 2. The maximum Gasteiger partial charge on any atom is 0.311 e. The Bertz CT molecular complexity index is 378. The second-order valence-corrected chi connectivity index (χ2v) is 8.07. The lowest BCUT2D eigenvalue weighted by Crippen LogP contribution is -2.27. The third-order valence-electron chi connectivity index (χ3n) is 4.76. The van der Waals surface area contributed by atoms with Gasteiger partial charge in [-0.05, 0) is 72.6 Å². The molecule has 0 aromatic carbocycles. The summed E-state index contributed by atoms with van der Waals surface area (Å²) in [6, 6.07) is 0. The minimum atomic E-state index is -0.602. The van der Waals surface area contributed by atoms with E-state index in [1.54, 1.807) is 27.7 Å². The molecule has 0 aliphatic heterocycles. The number of aliphatic hydroxyl groups is 2. The fourth-order valence-electron chi connectivity index (χ4n) is 2.69. The molecule has 0 amide bonds. The second kappa shape index (κ2) is 10.8. The third-order valence-corrected chi connectivity index (χ3v) is 4.76. The first-order chi connectivity index (χ1) is 11.5. The molecule has 0 saturated carbocycles. The Morgan fingerprint density at radius 3 is 1.36 bits per heavy atom. The molecule has 2 N–H and O–H groups in total. The number of rotatable bonds is 12. The molecule has 0 fully saturated rings. The molecule has 148 valence electrons. The van der Waals surface area contributed by atoms with Crippen LogP contribution in [-0.2, 0) is 19.1 Å². The minimum Gasteiger partial charge on any atom is -0.469 e. The van der Waals surface area contributed by atoms with Gasteiger partial charge in [0.2, 0.25) is 0 Å². The summed E-state index contributed by atoms with van der Waals surface area (Å²) in [5.74, 6) is -0.549. The highest BCUT2D eigenvalue weighted by atomic mass is 16.5. The van der Waals surface area contributed by atoms with Crippen molar-refractivity contribution in [2.75, 3.05) is 14.2 Å². The van der Waals surface area contributed by atoms with Gasteiger partial charge in [-0.2, -0.15) is 0 Å². The van der Waals surface area contributed by atoms with E-state index in [-0.39, 0.29) is 11.9 Å². The summed E-state index contributed by atoms with van der Waals surface area (Å²) in [7, 11) is 2.73. The summed E-state index contributed by atoms with van der Waals surface area (Å²) in [6.07, 6.45) is 3.00. The number of carbonyl (C=O) groups excluding carboxylic acids is 2. The molecule has 0 aromatic rings. The van der Waals surface area contributed by atoms with Crippen LogP contribution in [0.4, 0.5) is 0 Å². The zero-order valence-electron chi connectivity index (χ0n) is 16.6. The van der Waals surface area contributed by atoms with Crippen LogP contribution in [-0.4, -0.2) is 48.6 Å². The number of hydrogen-bond donors (Lipinski definition) is 2. The summed E-state index contributed by atoms with van der Waals surface area (Å²) in [4.78, 5) is 23.2. The van der Waals surface area contributed by atoms with Crippen molar-refractivity contribution in [3.8, 4) is 0 Å². The highest BCUT2D eigenvalue weighted by Crippen LogP contribution is 2.27. The zero-order valence-corrected chi connectivity index (χ0v) is 16.6. The highest BCUT2D eigenvalue weighted by Gasteiger charge is 2.30. The van der Waals surface area contributed by atoms with Gasteiger partial charge in [-0.1, -0.05) is 0 Å². The molecule has 0 aliphatic carbocycles. The van der Waals surface area contributed by atoms with Crippen LogP contribution in [0, 0.1) is 10.8 Å². The van der Waals surface area contributed by atoms with Crippen LogP contribution in [0.15, 0.2) is 0 Å². The Hall–Kier alpha value is -1.14. The average Bonchev–Trinajstić information content (AvgIpc) is 2.56. The summed E-state index contributed by atoms with van der Waals surface area (Å²) in [5, 5.41) is 20.1. The Balaban J connectivity index is 4.03. The summed E-state index contributed by atoms with van der Waals surface area (Å²) < 4.78 is 9.51. The molecular formula is C19H36O6. The third kappa shape index (κ3) is 9.21. The lowest BCUT2D eigenvalue weighted by atomic mass is 9.85. The van der Waals surface area contributed by atoms with Crippen molar-refractivity contribution in [3.63, 3.8) is 0 Å². The Kier molecular flexibility index (Phi) is 10.3. The van der Waals surface area contributed by atoms with Crippen LogP contribution in [0.1, 0.15) is 72.6 Å². The Morgan fingerprint density at radius 2 is 1.08 bits per heavy atom. The molecule has 0 aromatic heterocycles. The first-order valence-electron chi connectivity index (χ1n) is 8.99. The summed E-state index contributed by atoms with van der Waals surface area (Å²) in [5.41, 5.74) is -1.20. The molecule has 0 saturated heterocycles. The van der Waals surface area contributed by atoms with E-state index in [4.69, 9.17) is 9.47 Å². The van der Waals surface area contributed by atoms with Crippen molar-refractivity contribution < 1.29 is 29.3 Å². The van der Waals surface area contributed by atoms with Crippen LogP contribution < -0.4 is 0 Å². The van der Waals surface area contributed by atoms with E-state index < -0.39 is 23.0 Å². The van der Waals surface area contributed by atoms with Crippen LogP contribution in [0.5, 0.6) is 0 Å². The first kappa shape index (κ1) is 23.9. The van der Waals surface area contributed by atoms with Crippen molar-refractivity contribution in [1.29, 1.82) is 0 Å². The van der Waals surface area contributed by atoms with Gasteiger partial charge in [-0.3, -0.25) is 9.59 Å². The molecule has 0 spiro atoms. The Labute approximate surface area is 151 Å². The lowest BCUT2D eigenvalue weighted by molar-refractivity contribution is -0.152. The van der Waals surface area contributed by atoms with Gasteiger partial charge in [-0.25, -0.2) is 0 Å². The monoisotopic (exact) mass is 360 g/mol. The predicted octanol–water partition coefficient (Wildman–Crippen LogP) is 2.84. The maximum atomic E-state index is 11.6. The molecular weight excluding hydrogens is 324 g/mol. The van der Waals surface area contributed by atoms with Gasteiger partial charge in [0, 0.05) is 0 Å². The first-order valence-corrected chi connectivity index (χ1v) is 8.99. The normalized spacial score (nSPS) is 14.7. The van der Waals surface area contributed by atoms with Crippen molar-refractivity contribution >= 4 is 11.9 Å². The number of methoxy groups -OCH3 is 2. The molecule has 2 unspecified atom stereocenters. The lowest BCUT2D eigenvalue weighted by Gasteiger charge is -2.23. The second-order valence-electron chi connectivity index (χ2n) is 8.07. The van der Waals surface area contributed by atoms with Gasteiger partial charge < -0.3 is 19.7 Å². The van der Waals surface area contributed by atoms with Gasteiger partial charge in [0.05, 0.1) is 37.3 Å².